The molecule has 120 valence electrons. The van der Waals surface area contributed by atoms with Crippen molar-refractivity contribution in [2.45, 2.75) is 45.2 Å². The van der Waals surface area contributed by atoms with Crippen LogP contribution in [0, 0.1) is 5.92 Å². The lowest BCUT2D eigenvalue weighted by Crippen LogP contribution is -2.60. The monoisotopic (exact) mass is 297 g/mol. The van der Waals surface area contributed by atoms with E-state index >= 15 is 0 Å². The van der Waals surface area contributed by atoms with E-state index in [1.807, 2.05) is 6.92 Å². The van der Waals surface area contributed by atoms with Crippen LogP contribution in [0.25, 0.3) is 0 Å². The second-order valence-electron chi connectivity index (χ2n) is 5.82. The normalized spacial score (nSPS) is 30.0. The first-order valence-corrected chi connectivity index (χ1v) is 8.06. The minimum Gasteiger partial charge on any atom is -0.377 e. The van der Waals surface area contributed by atoms with Crippen molar-refractivity contribution in [1.82, 2.24) is 15.5 Å². The van der Waals surface area contributed by atoms with Crippen LogP contribution in [0.4, 0.5) is 0 Å². The summed E-state index contributed by atoms with van der Waals surface area (Å²) in [5.41, 5.74) is 0. The van der Waals surface area contributed by atoms with Gasteiger partial charge in [0.15, 0.2) is 0 Å². The van der Waals surface area contributed by atoms with Crippen LogP contribution in [-0.2, 0) is 14.3 Å². The fourth-order valence-corrected chi connectivity index (χ4v) is 3.13. The SMILES string of the molecule is CCNC(=O)C1COCCN1C(=O)C1CC(CC)CCN1. The van der Waals surface area contributed by atoms with Crippen LogP contribution in [0.1, 0.15) is 33.1 Å². The number of hydrogen-bond acceptors (Lipinski definition) is 4. The van der Waals surface area contributed by atoms with E-state index in [9.17, 15) is 9.59 Å². The maximum atomic E-state index is 12.8. The summed E-state index contributed by atoms with van der Waals surface area (Å²) in [5.74, 6) is 0.533. The van der Waals surface area contributed by atoms with E-state index < -0.39 is 6.04 Å². The Kier molecular flexibility index (Phi) is 5.99. The molecule has 0 spiro atoms. The summed E-state index contributed by atoms with van der Waals surface area (Å²) in [5, 5.41) is 6.10. The molecular weight excluding hydrogens is 270 g/mol. The molecule has 0 aromatic carbocycles. The third-order valence-corrected chi connectivity index (χ3v) is 4.45. The fraction of sp³-hybridized carbons (Fsp3) is 0.867. The predicted molar refractivity (Wildman–Crippen MR) is 79.8 cm³/mol. The molecule has 2 heterocycles. The number of nitrogens with one attached hydrogen (secondary N) is 2. The third kappa shape index (κ3) is 3.95. The number of likely N-dealkylation sites (N-methyl/N-ethyl adjacent to an activating group) is 1. The molecule has 0 aromatic heterocycles. The van der Waals surface area contributed by atoms with Crippen molar-refractivity contribution in [3.05, 3.63) is 0 Å². The molecule has 2 aliphatic rings. The summed E-state index contributed by atoms with van der Waals surface area (Å²) in [6.45, 7) is 6.79. The van der Waals surface area contributed by atoms with Crippen molar-refractivity contribution in [3.8, 4) is 0 Å². The number of rotatable bonds is 4. The van der Waals surface area contributed by atoms with Gasteiger partial charge in [0.25, 0.3) is 0 Å². The summed E-state index contributed by atoms with van der Waals surface area (Å²) in [6.07, 6.45) is 3.10. The van der Waals surface area contributed by atoms with Gasteiger partial charge in [-0.15, -0.1) is 0 Å². The van der Waals surface area contributed by atoms with Crippen molar-refractivity contribution >= 4 is 11.8 Å². The van der Waals surface area contributed by atoms with E-state index in [2.05, 4.69) is 17.6 Å². The second kappa shape index (κ2) is 7.75. The maximum absolute atomic E-state index is 12.8. The van der Waals surface area contributed by atoms with E-state index in [1.54, 1.807) is 4.90 Å². The molecule has 2 aliphatic heterocycles. The zero-order valence-corrected chi connectivity index (χ0v) is 13.1. The van der Waals surface area contributed by atoms with Crippen LogP contribution in [0.3, 0.4) is 0 Å². The van der Waals surface area contributed by atoms with Gasteiger partial charge in [-0.25, -0.2) is 0 Å². The van der Waals surface area contributed by atoms with Crippen LogP contribution >= 0.6 is 0 Å². The van der Waals surface area contributed by atoms with Gasteiger partial charge in [0.05, 0.1) is 19.3 Å². The minimum absolute atomic E-state index is 0.0488. The number of morpholine rings is 1. The number of ether oxygens (including phenoxy) is 1. The topological polar surface area (TPSA) is 70.7 Å². The summed E-state index contributed by atoms with van der Waals surface area (Å²) < 4.78 is 5.38. The summed E-state index contributed by atoms with van der Waals surface area (Å²) >= 11 is 0. The number of carbonyl (C=O) groups is 2. The largest absolute Gasteiger partial charge is 0.377 e. The molecule has 2 fully saturated rings. The molecule has 6 heteroatoms. The molecule has 2 amide bonds. The van der Waals surface area contributed by atoms with Crippen LogP contribution in [0.15, 0.2) is 0 Å². The molecule has 3 unspecified atom stereocenters. The lowest BCUT2D eigenvalue weighted by atomic mass is 9.89. The van der Waals surface area contributed by atoms with Crippen LogP contribution in [0.2, 0.25) is 0 Å². The Hall–Kier alpha value is -1.14. The van der Waals surface area contributed by atoms with Gasteiger partial charge < -0.3 is 20.3 Å². The van der Waals surface area contributed by atoms with Gasteiger partial charge in [0.1, 0.15) is 6.04 Å². The molecule has 2 N–H and O–H groups in total. The van der Waals surface area contributed by atoms with Gasteiger partial charge in [0.2, 0.25) is 11.8 Å². The van der Waals surface area contributed by atoms with Crippen LogP contribution in [0.5, 0.6) is 0 Å². The quantitative estimate of drug-likeness (QED) is 0.774. The van der Waals surface area contributed by atoms with Crippen LogP contribution in [-0.4, -0.2) is 61.6 Å². The van der Waals surface area contributed by atoms with Crippen LogP contribution < -0.4 is 10.6 Å². The van der Waals surface area contributed by atoms with E-state index in [0.29, 0.717) is 32.2 Å². The van der Waals surface area contributed by atoms with Gasteiger partial charge in [-0.3, -0.25) is 9.59 Å². The second-order valence-corrected chi connectivity index (χ2v) is 5.82. The fourth-order valence-electron chi connectivity index (χ4n) is 3.13. The molecule has 0 radical (unpaired) electrons. The minimum atomic E-state index is -0.491. The molecule has 21 heavy (non-hydrogen) atoms. The Morgan fingerprint density at radius 3 is 2.90 bits per heavy atom. The van der Waals surface area contributed by atoms with Crippen molar-refractivity contribution < 1.29 is 14.3 Å². The smallest absolute Gasteiger partial charge is 0.245 e. The molecule has 3 atom stereocenters. The number of hydrogen-bond donors (Lipinski definition) is 2. The first-order valence-electron chi connectivity index (χ1n) is 8.06. The third-order valence-electron chi connectivity index (χ3n) is 4.45. The first kappa shape index (κ1) is 16.2. The molecule has 6 nitrogen and oxygen atoms in total. The van der Waals surface area contributed by atoms with Gasteiger partial charge in [-0.05, 0) is 32.2 Å². The predicted octanol–water partition coefficient (Wildman–Crippen LogP) is 0.128. The average Bonchev–Trinajstić information content (AvgIpc) is 2.54. The number of piperidine rings is 1. The number of carbonyl (C=O) groups excluding carboxylic acids is 2. The lowest BCUT2D eigenvalue weighted by molar-refractivity contribution is -0.150. The van der Waals surface area contributed by atoms with E-state index in [0.717, 1.165) is 25.8 Å². The highest BCUT2D eigenvalue weighted by Crippen LogP contribution is 2.21. The van der Waals surface area contributed by atoms with Gasteiger partial charge in [-0.2, -0.15) is 0 Å². The van der Waals surface area contributed by atoms with Crippen molar-refractivity contribution in [2.75, 3.05) is 32.8 Å². The summed E-state index contributed by atoms with van der Waals surface area (Å²) in [6, 6.07) is -0.645. The Balaban J connectivity index is 2.02. The van der Waals surface area contributed by atoms with Gasteiger partial charge >= 0.3 is 0 Å². The highest BCUT2D eigenvalue weighted by Gasteiger charge is 2.37. The van der Waals surface area contributed by atoms with E-state index in [1.165, 1.54) is 0 Å². The Morgan fingerprint density at radius 2 is 2.19 bits per heavy atom. The zero-order valence-electron chi connectivity index (χ0n) is 13.1. The van der Waals surface area contributed by atoms with Crippen molar-refractivity contribution in [3.63, 3.8) is 0 Å². The summed E-state index contributed by atoms with van der Waals surface area (Å²) in [7, 11) is 0. The number of nitrogens with zero attached hydrogens (tertiary/aromatic N) is 1. The molecule has 0 aromatic rings. The number of amides is 2. The molecule has 0 bridgehead atoms. The van der Waals surface area contributed by atoms with Gasteiger partial charge in [-0.1, -0.05) is 13.3 Å². The zero-order chi connectivity index (χ0) is 15.2. The van der Waals surface area contributed by atoms with Gasteiger partial charge in [0, 0.05) is 13.1 Å². The first-order chi connectivity index (χ1) is 10.2. The highest BCUT2D eigenvalue weighted by molar-refractivity contribution is 5.90. The molecule has 0 saturated carbocycles. The lowest BCUT2D eigenvalue weighted by Gasteiger charge is -2.38. The molecule has 2 saturated heterocycles. The van der Waals surface area contributed by atoms with Crippen molar-refractivity contribution in [2.24, 2.45) is 5.92 Å². The average molecular weight is 297 g/mol. The molecule has 2 rings (SSSR count). The van der Waals surface area contributed by atoms with E-state index in [4.69, 9.17) is 4.74 Å². The highest BCUT2D eigenvalue weighted by atomic mass is 16.5. The van der Waals surface area contributed by atoms with E-state index in [-0.39, 0.29) is 17.9 Å². The summed E-state index contributed by atoms with van der Waals surface area (Å²) in [4.78, 5) is 26.6. The molecular formula is C15H27N3O3. The Morgan fingerprint density at radius 1 is 1.38 bits per heavy atom. The van der Waals surface area contributed by atoms with Crippen molar-refractivity contribution in [1.29, 1.82) is 0 Å². The Bertz CT molecular complexity index is 375. The maximum Gasteiger partial charge on any atom is 0.245 e. The molecule has 0 aliphatic carbocycles. The Labute approximate surface area is 126 Å². The standard InChI is InChI=1S/C15H27N3O3/c1-3-11-5-6-17-12(9-11)15(20)18-7-8-21-10-13(18)14(19)16-4-2/h11-13,17H,3-10H2,1-2H3,(H,16,19).